The lowest BCUT2D eigenvalue weighted by Crippen LogP contribution is -2.05. The van der Waals surface area contributed by atoms with Gasteiger partial charge in [0.25, 0.3) is 0 Å². The Labute approximate surface area is 105 Å². The van der Waals surface area contributed by atoms with Crippen LogP contribution in [0, 0.1) is 25.2 Å². The van der Waals surface area contributed by atoms with Crippen molar-refractivity contribution in [1.29, 1.82) is 5.26 Å². The first-order valence-electron chi connectivity index (χ1n) is 5.43. The first-order chi connectivity index (χ1) is 8.52. The van der Waals surface area contributed by atoms with Crippen molar-refractivity contribution < 1.29 is 0 Å². The number of hydrogen-bond acceptors (Lipinski definition) is 5. The van der Waals surface area contributed by atoms with E-state index in [0.717, 1.165) is 16.7 Å². The second-order valence-corrected chi connectivity index (χ2v) is 4.12. The molecule has 0 radical (unpaired) electrons. The summed E-state index contributed by atoms with van der Waals surface area (Å²) in [5, 5.41) is 9.15. The number of hydrogen-bond donors (Lipinski definition) is 2. The summed E-state index contributed by atoms with van der Waals surface area (Å²) in [5.74, 6) is 0.182. The molecule has 0 atom stereocenters. The molecule has 2 aromatic rings. The summed E-state index contributed by atoms with van der Waals surface area (Å²) in [4.78, 5) is 7.93. The van der Waals surface area contributed by atoms with Crippen LogP contribution in [0.2, 0.25) is 0 Å². The summed E-state index contributed by atoms with van der Waals surface area (Å²) in [6, 6.07) is 7.91. The molecule has 0 aliphatic heterocycles. The summed E-state index contributed by atoms with van der Waals surface area (Å²) < 4.78 is 0. The van der Waals surface area contributed by atoms with Gasteiger partial charge >= 0.3 is 0 Å². The van der Waals surface area contributed by atoms with E-state index in [2.05, 4.69) is 9.97 Å². The first-order valence-corrected chi connectivity index (χ1v) is 5.43. The highest BCUT2D eigenvalue weighted by molar-refractivity contribution is 5.75. The van der Waals surface area contributed by atoms with Gasteiger partial charge in [-0.3, -0.25) is 0 Å². The molecule has 0 aliphatic carbocycles. The normalized spacial score (nSPS) is 10.1. The minimum atomic E-state index is 0.0708. The van der Waals surface area contributed by atoms with Crippen LogP contribution in [0.5, 0.6) is 0 Å². The van der Waals surface area contributed by atoms with Crippen molar-refractivity contribution in [3.05, 3.63) is 34.9 Å². The van der Waals surface area contributed by atoms with Crippen LogP contribution in [0.15, 0.2) is 18.2 Å². The molecule has 5 nitrogen and oxygen atoms in total. The van der Waals surface area contributed by atoms with Gasteiger partial charge in [-0.25, -0.2) is 4.98 Å². The molecule has 1 heterocycles. The van der Waals surface area contributed by atoms with Gasteiger partial charge in [0.05, 0.1) is 5.69 Å². The van der Waals surface area contributed by atoms with E-state index in [4.69, 9.17) is 16.7 Å². The highest BCUT2D eigenvalue weighted by Crippen LogP contribution is 2.28. The second kappa shape index (κ2) is 4.34. The highest BCUT2D eigenvalue weighted by atomic mass is 15.0. The Morgan fingerprint density at radius 1 is 1.17 bits per heavy atom. The SMILES string of the molecule is Cc1ccc(-c2nc(N)nc(N)c2C#N)c(C)c1. The van der Waals surface area contributed by atoms with E-state index in [9.17, 15) is 0 Å². The summed E-state index contributed by atoms with van der Waals surface area (Å²) in [7, 11) is 0. The van der Waals surface area contributed by atoms with Crippen LogP contribution in [-0.2, 0) is 0 Å². The largest absolute Gasteiger partial charge is 0.382 e. The molecule has 1 aromatic carbocycles. The Balaban J connectivity index is 2.75. The molecule has 2 rings (SSSR count). The summed E-state index contributed by atoms with van der Waals surface area (Å²) in [6.45, 7) is 3.96. The Hall–Kier alpha value is -2.61. The van der Waals surface area contributed by atoms with E-state index in [1.54, 1.807) is 0 Å². The van der Waals surface area contributed by atoms with Gasteiger partial charge in [0.2, 0.25) is 5.95 Å². The molecule has 18 heavy (non-hydrogen) atoms. The van der Waals surface area contributed by atoms with Crippen LogP contribution in [0.25, 0.3) is 11.3 Å². The summed E-state index contributed by atoms with van der Waals surface area (Å²) in [6.07, 6.45) is 0. The van der Waals surface area contributed by atoms with Crippen LogP contribution >= 0.6 is 0 Å². The van der Waals surface area contributed by atoms with Crippen LogP contribution < -0.4 is 11.5 Å². The predicted molar refractivity (Wildman–Crippen MR) is 70.5 cm³/mol. The zero-order chi connectivity index (χ0) is 13.3. The number of aryl methyl sites for hydroxylation is 2. The molecule has 0 saturated heterocycles. The standard InChI is InChI=1S/C13H13N5/c1-7-3-4-9(8(2)5-7)11-10(6-14)12(15)18-13(16)17-11/h3-5H,1-2H3,(H4,15,16,17,18). The van der Waals surface area contributed by atoms with Crippen LogP contribution in [0.4, 0.5) is 11.8 Å². The van der Waals surface area contributed by atoms with Crippen molar-refractivity contribution in [3.8, 4) is 17.3 Å². The number of anilines is 2. The zero-order valence-corrected chi connectivity index (χ0v) is 10.2. The molecular weight excluding hydrogens is 226 g/mol. The fraction of sp³-hybridized carbons (Fsp3) is 0.154. The third-order valence-corrected chi connectivity index (χ3v) is 2.70. The molecule has 0 bridgehead atoms. The van der Waals surface area contributed by atoms with Crippen molar-refractivity contribution >= 4 is 11.8 Å². The van der Waals surface area contributed by atoms with Crippen LogP contribution in [0.3, 0.4) is 0 Å². The number of rotatable bonds is 1. The van der Waals surface area contributed by atoms with Crippen molar-refractivity contribution in [3.63, 3.8) is 0 Å². The Morgan fingerprint density at radius 3 is 2.50 bits per heavy atom. The molecular formula is C13H13N5. The molecule has 4 N–H and O–H groups in total. The zero-order valence-electron chi connectivity index (χ0n) is 10.2. The Bertz CT molecular complexity index is 655. The van der Waals surface area contributed by atoms with Crippen molar-refractivity contribution in [2.75, 3.05) is 11.5 Å². The van der Waals surface area contributed by atoms with Crippen molar-refractivity contribution in [1.82, 2.24) is 9.97 Å². The van der Waals surface area contributed by atoms with Crippen LogP contribution in [0.1, 0.15) is 16.7 Å². The van der Waals surface area contributed by atoms with E-state index >= 15 is 0 Å². The smallest absolute Gasteiger partial charge is 0.222 e. The van der Waals surface area contributed by atoms with E-state index in [1.807, 2.05) is 38.1 Å². The number of nitrogen functional groups attached to an aromatic ring is 2. The maximum Gasteiger partial charge on any atom is 0.222 e. The van der Waals surface area contributed by atoms with Gasteiger partial charge in [0.15, 0.2) is 0 Å². The molecule has 0 fully saturated rings. The average molecular weight is 239 g/mol. The fourth-order valence-corrected chi connectivity index (χ4v) is 1.88. The molecule has 0 amide bonds. The maximum atomic E-state index is 9.15. The van der Waals surface area contributed by atoms with Gasteiger partial charge in [-0.1, -0.05) is 23.8 Å². The predicted octanol–water partition coefficient (Wildman–Crippen LogP) is 1.80. The number of nitrogens with two attached hydrogens (primary N) is 2. The molecule has 1 aromatic heterocycles. The lowest BCUT2D eigenvalue weighted by Gasteiger charge is -2.09. The Kier molecular flexibility index (Phi) is 2.86. The number of nitrogens with zero attached hydrogens (tertiary/aromatic N) is 3. The van der Waals surface area contributed by atoms with Crippen molar-refractivity contribution in [2.24, 2.45) is 0 Å². The molecule has 0 unspecified atom stereocenters. The molecule has 0 saturated carbocycles. The molecule has 5 heteroatoms. The quantitative estimate of drug-likeness (QED) is 0.790. The van der Waals surface area contributed by atoms with E-state index in [0.29, 0.717) is 5.69 Å². The van der Waals surface area contributed by atoms with E-state index in [-0.39, 0.29) is 17.3 Å². The average Bonchev–Trinajstić information content (AvgIpc) is 2.28. The van der Waals surface area contributed by atoms with E-state index < -0.39 is 0 Å². The number of nitriles is 1. The fourth-order valence-electron chi connectivity index (χ4n) is 1.88. The lowest BCUT2D eigenvalue weighted by atomic mass is 10.00. The van der Waals surface area contributed by atoms with Crippen LogP contribution in [-0.4, -0.2) is 9.97 Å². The highest BCUT2D eigenvalue weighted by Gasteiger charge is 2.14. The monoisotopic (exact) mass is 239 g/mol. The van der Waals surface area contributed by atoms with Gasteiger partial charge in [0, 0.05) is 5.56 Å². The minimum absolute atomic E-state index is 0.0708. The summed E-state index contributed by atoms with van der Waals surface area (Å²) in [5.41, 5.74) is 15.0. The third-order valence-electron chi connectivity index (χ3n) is 2.70. The topological polar surface area (TPSA) is 102 Å². The molecule has 0 aliphatic rings. The molecule has 90 valence electrons. The van der Waals surface area contributed by atoms with Crippen molar-refractivity contribution in [2.45, 2.75) is 13.8 Å². The van der Waals surface area contributed by atoms with E-state index in [1.165, 1.54) is 0 Å². The molecule has 0 spiro atoms. The van der Waals surface area contributed by atoms with Gasteiger partial charge in [0.1, 0.15) is 17.5 Å². The third kappa shape index (κ3) is 1.96. The van der Waals surface area contributed by atoms with Gasteiger partial charge in [-0.05, 0) is 19.4 Å². The second-order valence-electron chi connectivity index (χ2n) is 4.12. The number of aromatic nitrogens is 2. The van der Waals surface area contributed by atoms with Gasteiger partial charge in [-0.15, -0.1) is 0 Å². The number of benzene rings is 1. The van der Waals surface area contributed by atoms with Gasteiger partial charge in [-0.2, -0.15) is 10.2 Å². The summed E-state index contributed by atoms with van der Waals surface area (Å²) >= 11 is 0. The van der Waals surface area contributed by atoms with Gasteiger partial charge < -0.3 is 11.5 Å². The maximum absolute atomic E-state index is 9.15. The Morgan fingerprint density at radius 2 is 1.89 bits per heavy atom. The minimum Gasteiger partial charge on any atom is -0.382 e. The first kappa shape index (κ1) is 11.9. The lowest BCUT2D eigenvalue weighted by molar-refractivity contribution is 1.18.